The first-order chi connectivity index (χ1) is 10.7. The lowest BCUT2D eigenvalue weighted by molar-refractivity contribution is 0.492. The summed E-state index contributed by atoms with van der Waals surface area (Å²) in [6.45, 7) is 0. The lowest BCUT2D eigenvalue weighted by Crippen LogP contribution is -1.67. The lowest BCUT2D eigenvalue weighted by atomic mass is 10.3. The molecule has 0 saturated heterocycles. The van der Waals surface area contributed by atoms with Crippen LogP contribution < -0.4 is 0 Å². The van der Waals surface area contributed by atoms with Crippen molar-refractivity contribution in [3.63, 3.8) is 0 Å². The summed E-state index contributed by atoms with van der Waals surface area (Å²) < 4.78 is 23.8. The van der Waals surface area contributed by atoms with Crippen LogP contribution in [0.4, 0.5) is 0 Å². The van der Waals surface area contributed by atoms with Gasteiger partial charge in [0, 0.05) is 0 Å². The molecule has 0 saturated carbocycles. The second kappa shape index (κ2) is 5.37. The number of halogens is 2. The smallest absolute Gasteiger partial charge is 0.170 e. The Labute approximate surface area is 142 Å². The summed E-state index contributed by atoms with van der Waals surface area (Å²) in [6, 6.07) is 14.7. The highest BCUT2D eigenvalue weighted by atomic mass is 79.9. The van der Waals surface area contributed by atoms with Crippen molar-refractivity contribution in [3.05, 3.63) is 57.9 Å². The highest BCUT2D eigenvalue weighted by Gasteiger charge is 2.14. The predicted molar refractivity (Wildman–Crippen MR) is 87.2 cm³/mol. The second-order valence-electron chi connectivity index (χ2n) is 4.54. The van der Waals surface area contributed by atoms with Crippen molar-refractivity contribution in [1.29, 1.82) is 0 Å². The highest BCUT2D eigenvalue weighted by Crippen LogP contribution is 2.34. The zero-order chi connectivity index (χ0) is 15.1. The SMILES string of the molecule is Brc1ccc(-c2ccc(-c3ccc(-c4ccc(Br)o4)o3)o2)o1. The van der Waals surface area contributed by atoms with Gasteiger partial charge >= 0.3 is 0 Å². The van der Waals surface area contributed by atoms with Gasteiger partial charge in [-0.25, -0.2) is 0 Å². The van der Waals surface area contributed by atoms with Gasteiger partial charge in [-0.15, -0.1) is 0 Å². The molecule has 0 aliphatic carbocycles. The van der Waals surface area contributed by atoms with Gasteiger partial charge in [0.15, 0.2) is 43.9 Å². The van der Waals surface area contributed by atoms with E-state index in [4.69, 9.17) is 17.7 Å². The van der Waals surface area contributed by atoms with Gasteiger partial charge in [0.05, 0.1) is 0 Å². The van der Waals surface area contributed by atoms with E-state index in [1.165, 1.54) is 0 Å². The van der Waals surface area contributed by atoms with Crippen molar-refractivity contribution in [2.75, 3.05) is 0 Å². The molecule has 4 aromatic heterocycles. The fraction of sp³-hybridized carbons (Fsp3) is 0. The summed E-state index contributed by atoms with van der Waals surface area (Å²) in [5.41, 5.74) is 0. The molecule has 4 aromatic rings. The van der Waals surface area contributed by atoms with Crippen molar-refractivity contribution in [1.82, 2.24) is 0 Å². The molecule has 0 radical (unpaired) electrons. The Kier molecular flexibility index (Phi) is 3.35. The summed E-state index contributed by atoms with van der Waals surface area (Å²) in [7, 11) is 0. The average Bonchev–Trinajstić information content (AvgIpc) is 3.24. The lowest BCUT2D eigenvalue weighted by Gasteiger charge is -1.93. The summed E-state index contributed by atoms with van der Waals surface area (Å²) in [5.74, 6) is 3.83. The molecule has 0 aliphatic heterocycles. The molecular formula is C16H8Br2O4. The van der Waals surface area contributed by atoms with Crippen molar-refractivity contribution >= 4 is 31.9 Å². The van der Waals surface area contributed by atoms with Gasteiger partial charge in [0.1, 0.15) is 0 Å². The van der Waals surface area contributed by atoms with Crippen LogP contribution in [0.15, 0.2) is 75.5 Å². The van der Waals surface area contributed by atoms with E-state index in [1.807, 2.05) is 48.5 Å². The van der Waals surface area contributed by atoms with E-state index in [0.717, 1.165) is 0 Å². The fourth-order valence-corrected chi connectivity index (χ4v) is 2.71. The molecule has 4 nitrogen and oxygen atoms in total. The molecule has 0 spiro atoms. The zero-order valence-corrected chi connectivity index (χ0v) is 14.2. The van der Waals surface area contributed by atoms with Gasteiger partial charge in [-0.3, -0.25) is 0 Å². The van der Waals surface area contributed by atoms with Gasteiger partial charge in [0.25, 0.3) is 0 Å². The fourth-order valence-electron chi connectivity index (χ4n) is 2.10. The first-order valence-electron chi connectivity index (χ1n) is 6.40. The third-order valence-corrected chi connectivity index (χ3v) is 3.94. The van der Waals surface area contributed by atoms with Gasteiger partial charge < -0.3 is 17.7 Å². The van der Waals surface area contributed by atoms with Gasteiger partial charge in [0.2, 0.25) is 0 Å². The molecule has 0 aliphatic rings. The quantitative estimate of drug-likeness (QED) is 0.373. The van der Waals surface area contributed by atoms with Crippen LogP contribution in [0.3, 0.4) is 0 Å². The van der Waals surface area contributed by atoms with E-state index in [1.54, 1.807) is 0 Å². The molecule has 22 heavy (non-hydrogen) atoms. The van der Waals surface area contributed by atoms with Crippen LogP contribution in [-0.4, -0.2) is 0 Å². The third-order valence-electron chi connectivity index (χ3n) is 3.09. The Morgan fingerprint density at radius 3 is 0.955 bits per heavy atom. The second-order valence-corrected chi connectivity index (χ2v) is 6.10. The van der Waals surface area contributed by atoms with E-state index >= 15 is 0 Å². The largest absolute Gasteiger partial charge is 0.450 e. The monoisotopic (exact) mass is 422 g/mol. The van der Waals surface area contributed by atoms with Crippen LogP contribution in [0.25, 0.3) is 34.6 Å². The summed E-state index contributed by atoms with van der Waals surface area (Å²) in [6.07, 6.45) is 0. The van der Waals surface area contributed by atoms with Crippen molar-refractivity contribution in [3.8, 4) is 34.6 Å². The van der Waals surface area contributed by atoms with Gasteiger partial charge in [-0.2, -0.15) is 0 Å². The third kappa shape index (κ3) is 2.48. The zero-order valence-electron chi connectivity index (χ0n) is 11.0. The topological polar surface area (TPSA) is 52.6 Å². The van der Waals surface area contributed by atoms with Gasteiger partial charge in [-0.1, -0.05) is 0 Å². The normalized spacial score (nSPS) is 11.2. The Balaban J connectivity index is 1.65. The first kappa shape index (κ1) is 13.7. The summed E-state index contributed by atoms with van der Waals surface area (Å²) in [5, 5.41) is 0. The molecule has 6 heteroatoms. The summed E-state index contributed by atoms with van der Waals surface area (Å²) in [4.78, 5) is 0. The van der Waals surface area contributed by atoms with E-state index in [2.05, 4.69) is 31.9 Å². The molecule has 4 heterocycles. The molecule has 0 bridgehead atoms. The Morgan fingerprint density at radius 2 is 0.682 bits per heavy atom. The van der Waals surface area contributed by atoms with Crippen LogP contribution in [-0.2, 0) is 0 Å². The van der Waals surface area contributed by atoms with Crippen molar-refractivity contribution < 1.29 is 17.7 Å². The highest BCUT2D eigenvalue weighted by molar-refractivity contribution is 9.10. The van der Waals surface area contributed by atoms with Crippen LogP contribution in [0.5, 0.6) is 0 Å². The molecule has 0 atom stereocenters. The summed E-state index contributed by atoms with van der Waals surface area (Å²) >= 11 is 6.54. The van der Waals surface area contributed by atoms with Gasteiger partial charge in [-0.05, 0) is 80.4 Å². The molecule has 0 amide bonds. The van der Waals surface area contributed by atoms with Crippen LogP contribution in [0.1, 0.15) is 0 Å². The number of rotatable bonds is 3. The van der Waals surface area contributed by atoms with Crippen LogP contribution >= 0.6 is 31.9 Å². The minimum atomic E-state index is 0.624. The predicted octanol–water partition coefficient (Wildman–Crippen LogP) is 6.58. The number of hydrogen-bond donors (Lipinski definition) is 0. The number of furan rings is 4. The first-order valence-corrected chi connectivity index (χ1v) is 7.99. The maximum absolute atomic E-state index is 5.78. The maximum Gasteiger partial charge on any atom is 0.170 e. The Morgan fingerprint density at radius 1 is 0.409 bits per heavy atom. The van der Waals surface area contributed by atoms with E-state index in [0.29, 0.717) is 43.9 Å². The average molecular weight is 424 g/mol. The van der Waals surface area contributed by atoms with E-state index in [9.17, 15) is 0 Å². The number of hydrogen-bond acceptors (Lipinski definition) is 4. The molecule has 0 unspecified atom stereocenters. The van der Waals surface area contributed by atoms with Crippen LogP contribution in [0.2, 0.25) is 0 Å². The van der Waals surface area contributed by atoms with Crippen molar-refractivity contribution in [2.45, 2.75) is 0 Å². The van der Waals surface area contributed by atoms with E-state index < -0.39 is 0 Å². The molecule has 0 fully saturated rings. The maximum atomic E-state index is 5.78. The minimum Gasteiger partial charge on any atom is -0.450 e. The Hall–Kier alpha value is -1.92. The molecule has 110 valence electrons. The molecule has 0 aromatic carbocycles. The Bertz CT molecular complexity index is 849. The molecule has 4 rings (SSSR count). The molecule has 0 N–H and O–H groups in total. The minimum absolute atomic E-state index is 0.624. The molecular weight excluding hydrogens is 416 g/mol. The van der Waals surface area contributed by atoms with E-state index in [-0.39, 0.29) is 0 Å². The van der Waals surface area contributed by atoms with Crippen molar-refractivity contribution in [2.24, 2.45) is 0 Å². The standard InChI is InChI=1S/C16H8Br2O4/c17-15-7-5-13(21-15)11-3-1-9(19-11)10-2-4-12(20-10)14-6-8-16(18)22-14/h1-8H. The van der Waals surface area contributed by atoms with Crippen LogP contribution in [0, 0.1) is 0 Å².